The van der Waals surface area contributed by atoms with Crippen LogP contribution in [0.1, 0.15) is 25.3 Å². The number of aryl methyl sites for hydroxylation is 1. The number of carbonyl (C=O) groups excluding carboxylic acids is 1. The van der Waals surface area contributed by atoms with E-state index in [1.165, 1.54) is 19.2 Å². The van der Waals surface area contributed by atoms with E-state index in [9.17, 15) is 13.2 Å². The van der Waals surface area contributed by atoms with E-state index in [-0.39, 0.29) is 23.0 Å². The maximum absolute atomic E-state index is 13.0. The highest BCUT2D eigenvalue weighted by Gasteiger charge is 2.21. The summed E-state index contributed by atoms with van der Waals surface area (Å²) in [5, 5.41) is 2.74. The Balaban J connectivity index is 1.62. The van der Waals surface area contributed by atoms with Crippen molar-refractivity contribution in [3.05, 3.63) is 72.3 Å². The average molecular weight is 499 g/mol. The number of hydrogen-bond acceptors (Lipinski definition) is 6. The second kappa shape index (κ2) is 12.1. The van der Waals surface area contributed by atoms with Crippen molar-refractivity contribution in [1.29, 1.82) is 0 Å². The molecular weight excluding hydrogens is 468 g/mol. The van der Waals surface area contributed by atoms with Crippen molar-refractivity contribution in [3.8, 4) is 17.2 Å². The van der Waals surface area contributed by atoms with Crippen LogP contribution in [0, 0.1) is 6.92 Å². The van der Waals surface area contributed by atoms with Crippen LogP contribution in [0.4, 0.5) is 11.4 Å². The number of nitrogens with one attached hydrogen (secondary N) is 2. The Morgan fingerprint density at radius 3 is 2.34 bits per heavy atom. The van der Waals surface area contributed by atoms with Crippen LogP contribution in [0.2, 0.25) is 0 Å². The summed E-state index contributed by atoms with van der Waals surface area (Å²) >= 11 is 0. The lowest BCUT2D eigenvalue weighted by Crippen LogP contribution is -2.16. The Bertz CT molecular complexity index is 1240. The first-order valence-corrected chi connectivity index (χ1v) is 12.7. The van der Waals surface area contributed by atoms with Gasteiger partial charge in [-0.3, -0.25) is 9.52 Å². The van der Waals surface area contributed by atoms with Gasteiger partial charge in [0.15, 0.2) is 0 Å². The quantitative estimate of drug-likeness (QED) is 0.341. The Morgan fingerprint density at radius 2 is 1.66 bits per heavy atom. The third-order valence-electron chi connectivity index (χ3n) is 4.96. The maximum Gasteiger partial charge on any atom is 0.265 e. The summed E-state index contributed by atoms with van der Waals surface area (Å²) < 4.78 is 44.9. The SMILES string of the molecule is CCOc1ccc(NS(=O)(=O)c2cc(NC(=O)CCCOc3cccc(C)c3)ccc2OC)cc1. The summed E-state index contributed by atoms with van der Waals surface area (Å²) in [7, 11) is -2.60. The second-order valence-corrected chi connectivity index (χ2v) is 9.40. The number of methoxy groups -OCH3 is 1. The first-order valence-electron chi connectivity index (χ1n) is 11.2. The number of sulfonamides is 1. The number of hydrogen-bond donors (Lipinski definition) is 2. The van der Waals surface area contributed by atoms with Crippen LogP contribution in [0.25, 0.3) is 0 Å². The van der Waals surface area contributed by atoms with Gasteiger partial charge in [0.05, 0.1) is 20.3 Å². The van der Waals surface area contributed by atoms with Crippen LogP contribution in [-0.2, 0) is 14.8 Å². The van der Waals surface area contributed by atoms with Gasteiger partial charge in [0, 0.05) is 17.8 Å². The molecule has 9 heteroatoms. The first kappa shape index (κ1) is 25.9. The molecule has 3 aromatic rings. The van der Waals surface area contributed by atoms with Crippen molar-refractivity contribution in [2.75, 3.05) is 30.4 Å². The summed E-state index contributed by atoms with van der Waals surface area (Å²) in [6, 6.07) is 18.7. The molecule has 35 heavy (non-hydrogen) atoms. The molecule has 3 rings (SSSR count). The lowest BCUT2D eigenvalue weighted by molar-refractivity contribution is -0.116. The second-order valence-electron chi connectivity index (χ2n) is 7.75. The Hall–Kier alpha value is -3.72. The minimum atomic E-state index is -3.98. The fourth-order valence-electron chi connectivity index (χ4n) is 3.31. The largest absolute Gasteiger partial charge is 0.495 e. The summed E-state index contributed by atoms with van der Waals surface area (Å²) in [5.74, 6) is 1.32. The number of anilines is 2. The van der Waals surface area contributed by atoms with Crippen LogP contribution in [0.3, 0.4) is 0 Å². The van der Waals surface area contributed by atoms with Gasteiger partial charge in [0.1, 0.15) is 22.1 Å². The minimum Gasteiger partial charge on any atom is -0.495 e. The predicted octanol–water partition coefficient (Wildman–Crippen LogP) is 5.00. The smallest absolute Gasteiger partial charge is 0.265 e. The van der Waals surface area contributed by atoms with E-state index in [4.69, 9.17) is 14.2 Å². The standard InChI is InChI=1S/C26H30N2O6S/c1-4-33-22-13-10-20(11-14-22)28-35(30,31)25-18-21(12-15-24(25)32-3)27-26(29)9-6-16-34-23-8-5-7-19(2)17-23/h5,7-8,10-15,17-18,28H,4,6,9,16H2,1-3H3,(H,27,29). The van der Waals surface area contributed by atoms with Crippen LogP contribution >= 0.6 is 0 Å². The van der Waals surface area contributed by atoms with Gasteiger partial charge in [-0.1, -0.05) is 12.1 Å². The molecule has 0 heterocycles. The number of rotatable bonds is 12. The van der Waals surface area contributed by atoms with Gasteiger partial charge in [0.25, 0.3) is 10.0 Å². The van der Waals surface area contributed by atoms with Crippen LogP contribution < -0.4 is 24.2 Å². The highest BCUT2D eigenvalue weighted by molar-refractivity contribution is 7.92. The molecule has 0 bridgehead atoms. The number of ether oxygens (including phenoxy) is 3. The van der Waals surface area contributed by atoms with E-state index in [1.807, 2.05) is 38.1 Å². The molecule has 186 valence electrons. The van der Waals surface area contributed by atoms with Crippen LogP contribution in [-0.4, -0.2) is 34.6 Å². The molecule has 0 fully saturated rings. The van der Waals surface area contributed by atoms with Gasteiger partial charge in [0.2, 0.25) is 5.91 Å². The molecule has 8 nitrogen and oxygen atoms in total. The Morgan fingerprint density at radius 1 is 0.914 bits per heavy atom. The molecule has 0 spiro atoms. The zero-order chi connectivity index (χ0) is 25.3. The van der Waals surface area contributed by atoms with Crippen molar-refractivity contribution in [2.24, 2.45) is 0 Å². The zero-order valence-electron chi connectivity index (χ0n) is 20.0. The molecule has 0 aliphatic heterocycles. The molecule has 0 aromatic heterocycles. The van der Waals surface area contributed by atoms with Gasteiger partial charge in [-0.05, 0) is 80.4 Å². The Kier molecular flexibility index (Phi) is 8.97. The van der Waals surface area contributed by atoms with Gasteiger partial charge in [-0.15, -0.1) is 0 Å². The fourth-order valence-corrected chi connectivity index (χ4v) is 4.57. The Labute approximate surface area is 206 Å². The van der Waals surface area contributed by atoms with Gasteiger partial charge in [-0.25, -0.2) is 8.42 Å². The lowest BCUT2D eigenvalue weighted by Gasteiger charge is -2.14. The predicted molar refractivity (Wildman–Crippen MR) is 136 cm³/mol. The molecule has 0 saturated heterocycles. The molecule has 3 aromatic carbocycles. The van der Waals surface area contributed by atoms with E-state index in [0.717, 1.165) is 11.3 Å². The van der Waals surface area contributed by atoms with Crippen molar-refractivity contribution in [2.45, 2.75) is 31.6 Å². The minimum absolute atomic E-state index is 0.0885. The third kappa shape index (κ3) is 7.65. The molecule has 0 radical (unpaired) electrons. The van der Waals surface area contributed by atoms with E-state index in [1.54, 1.807) is 30.3 Å². The highest BCUT2D eigenvalue weighted by Crippen LogP contribution is 2.29. The van der Waals surface area contributed by atoms with Crippen LogP contribution in [0.15, 0.2) is 71.6 Å². The summed E-state index contributed by atoms with van der Waals surface area (Å²) in [6.45, 7) is 4.76. The summed E-state index contributed by atoms with van der Waals surface area (Å²) in [6.07, 6.45) is 0.741. The summed E-state index contributed by atoms with van der Waals surface area (Å²) in [4.78, 5) is 12.3. The highest BCUT2D eigenvalue weighted by atomic mass is 32.2. The topological polar surface area (TPSA) is 103 Å². The monoisotopic (exact) mass is 498 g/mol. The fraction of sp³-hybridized carbons (Fsp3) is 0.269. The first-order chi connectivity index (χ1) is 16.8. The molecular formula is C26H30N2O6S. The van der Waals surface area contributed by atoms with E-state index in [2.05, 4.69) is 10.0 Å². The molecule has 2 N–H and O–H groups in total. The molecule has 0 aliphatic carbocycles. The van der Waals surface area contributed by atoms with Gasteiger partial charge < -0.3 is 19.5 Å². The molecule has 0 unspecified atom stereocenters. The lowest BCUT2D eigenvalue weighted by atomic mass is 10.2. The third-order valence-corrected chi connectivity index (χ3v) is 6.36. The van der Waals surface area contributed by atoms with Crippen molar-refractivity contribution in [3.63, 3.8) is 0 Å². The van der Waals surface area contributed by atoms with E-state index >= 15 is 0 Å². The maximum atomic E-state index is 13.0. The van der Waals surface area contributed by atoms with Crippen molar-refractivity contribution >= 4 is 27.3 Å². The normalized spacial score (nSPS) is 10.9. The van der Waals surface area contributed by atoms with E-state index < -0.39 is 10.0 Å². The van der Waals surface area contributed by atoms with Gasteiger partial charge in [-0.2, -0.15) is 0 Å². The van der Waals surface area contributed by atoms with Gasteiger partial charge >= 0.3 is 0 Å². The van der Waals surface area contributed by atoms with Crippen molar-refractivity contribution in [1.82, 2.24) is 0 Å². The zero-order valence-corrected chi connectivity index (χ0v) is 20.9. The van der Waals surface area contributed by atoms with Crippen molar-refractivity contribution < 1.29 is 27.4 Å². The molecule has 0 aliphatic rings. The van der Waals surface area contributed by atoms with E-state index in [0.29, 0.717) is 36.8 Å². The number of carbonyl (C=O) groups is 1. The molecule has 0 saturated carbocycles. The summed E-state index contributed by atoms with van der Waals surface area (Å²) in [5.41, 5.74) is 1.82. The van der Waals surface area contributed by atoms with Crippen LogP contribution in [0.5, 0.6) is 17.2 Å². The molecule has 1 amide bonds. The number of benzene rings is 3. The number of amides is 1. The average Bonchev–Trinajstić information content (AvgIpc) is 2.83. The molecule has 0 atom stereocenters.